The third kappa shape index (κ3) is 3.27. The molecule has 0 amide bonds. The van der Waals surface area contributed by atoms with Crippen LogP contribution in [0.4, 0.5) is 4.39 Å². The van der Waals surface area contributed by atoms with Crippen LogP contribution < -0.4 is 0 Å². The van der Waals surface area contributed by atoms with Crippen LogP contribution in [0.3, 0.4) is 0 Å². The predicted octanol–water partition coefficient (Wildman–Crippen LogP) is 3.71. The van der Waals surface area contributed by atoms with Gasteiger partial charge in [0.25, 0.3) is 0 Å². The van der Waals surface area contributed by atoms with E-state index in [-0.39, 0.29) is 12.4 Å². The molecule has 3 nitrogen and oxygen atoms in total. The van der Waals surface area contributed by atoms with Crippen LogP contribution in [0.5, 0.6) is 0 Å². The van der Waals surface area contributed by atoms with Gasteiger partial charge in [-0.25, -0.2) is 4.39 Å². The average Bonchev–Trinajstić information content (AvgIpc) is 2.98. The molecular formula is C19H21FN2O. The number of aliphatic hydroxyl groups excluding tert-OH is 1. The van der Waals surface area contributed by atoms with E-state index in [1.54, 1.807) is 0 Å². The van der Waals surface area contributed by atoms with Crippen molar-refractivity contribution in [3.8, 4) is 0 Å². The van der Waals surface area contributed by atoms with E-state index in [0.29, 0.717) is 6.54 Å². The van der Waals surface area contributed by atoms with Gasteiger partial charge in [-0.05, 0) is 48.6 Å². The van der Waals surface area contributed by atoms with Crippen molar-refractivity contribution in [1.82, 2.24) is 9.55 Å². The van der Waals surface area contributed by atoms with Crippen LogP contribution in [0.2, 0.25) is 0 Å². The third-order valence-electron chi connectivity index (χ3n) is 4.21. The number of fused-ring (bicyclic) bond motifs is 1. The molecule has 23 heavy (non-hydrogen) atoms. The van der Waals surface area contributed by atoms with Crippen molar-refractivity contribution in [1.29, 1.82) is 0 Å². The molecule has 0 unspecified atom stereocenters. The van der Waals surface area contributed by atoms with Gasteiger partial charge in [0.1, 0.15) is 5.82 Å². The molecule has 0 aliphatic heterocycles. The quantitative estimate of drug-likeness (QED) is 0.753. The average molecular weight is 312 g/mol. The maximum Gasteiger partial charge on any atom is 0.123 e. The molecule has 0 radical (unpaired) electrons. The molecule has 4 heteroatoms. The molecular weight excluding hydrogens is 291 g/mol. The Balaban J connectivity index is 1.98. The molecule has 0 spiro atoms. The van der Waals surface area contributed by atoms with Crippen LogP contribution in [0.1, 0.15) is 30.2 Å². The number of aliphatic hydroxyl groups is 1. The second kappa shape index (κ2) is 6.92. The fourth-order valence-electron chi connectivity index (χ4n) is 3.02. The Morgan fingerprint density at radius 2 is 1.96 bits per heavy atom. The topological polar surface area (TPSA) is 38.0 Å². The SMILES string of the molecule is CCc1ncc2c(ccn2Cc2ccc(F)cc2)c1CCCO. The second-order valence-electron chi connectivity index (χ2n) is 5.73. The van der Waals surface area contributed by atoms with Gasteiger partial charge in [-0.15, -0.1) is 0 Å². The highest BCUT2D eigenvalue weighted by atomic mass is 19.1. The minimum Gasteiger partial charge on any atom is -0.396 e. The molecule has 0 bridgehead atoms. The standard InChI is InChI=1S/C19H21FN2O/c1-2-18-16(4-3-11-23)17-9-10-22(19(17)12-21-18)13-14-5-7-15(20)8-6-14/h5-10,12,23H,2-4,11,13H2,1H3. The van der Waals surface area contributed by atoms with Gasteiger partial charge in [-0.2, -0.15) is 0 Å². The van der Waals surface area contributed by atoms with Crippen LogP contribution in [0, 0.1) is 5.82 Å². The summed E-state index contributed by atoms with van der Waals surface area (Å²) in [6.45, 7) is 2.98. The van der Waals surface area contributed by atoms with Crippen LogP contribution in [-0.4, -0.2) is 21.3 Å². The molecule has 0 atom stereocenters. The largest absolute Gasteiger partial charge is 0.396 e. The number of halogens is 1. The van der Waals surface area contributed by atoms with E-state index in [2.05, 4.69) is 28.7 Å². The molecule has 1 N–H and O–H groups in total. The first-order chi connectivity index (χ1) is 11.2. The molecule has 3 rings (SSSR count). The van der Waals surface area contributed by atoms with Crippen molar-refractivity contribution < 1.29 is 9.50 Å². The highest BCUT2D eigenvalue weighted by Gasteiger charge is 2.11. The predicted molar refractivity (Wildman–Crippen MR) is 90.0 cm³/mol. The summed E-state index contributed by atoms with van der Waals surface area (Å²) in [5, 5.41) is 10.3. The second-order valence-corrected chi connectivity index (χ2v) is 5.73. The Morgan fingerprint density at radius 3 is 2.65 bits per heavy atom. The molecule has 3 aromatic rings. The van der Waals surface area contributed by atoms with E-state index >= 15 is 0 Å². The summed E-state index contributed by atoms with van der Waals surface area (Å²) < 4.78 is 15.2. The summed E-state index contributed by atoms with van der Waals surface area (Å²) in [6.07, 6.45) is 6.44. The third-order valence-corrected chi connectivity index (χ3v) is 4.21. The summed E-state index contributed by atoms with van der Waals surface area (Å²) in [4.78, 5) is 4.60. The summed E-state index contributed by atoms with van der Waals surface area (Å²) in [6, 6.07) is 8.71. The summed E-state index contributed by atoms with van der Waals surface area (Å²) in [7, 11) is 0. The van der Waals surface area contributed by atoms with Crippen molar-refractivity contribution in [2.24, 2.45) is 0 Å². The van der Waals surface area contributed by atoms with Gasteiger partial charge < -0.3 is 9.67 Å². The fraction of sp³-hybridized carbons (Fsp3) is 0.316. The Bertz CT molecular complexity index is 793. The number of rotatable bonds is 6. The van der Waals surface area contributed by atoms with E-state index in [9.17, 15) is 4.39 Å². The molecule has 0 aliphatic rings. The van der Waals surface area contributed by atoms with Gasteiger partial charge in [0.05, 0.1) is 11.7 Å². The van der Waals surface area contributed by atoms with Crippen molar-refractivity contribution in [3.63, 3.8) is 0 Å². The number of aromatic nitrogens is 2. The minimum absolute atomic E-state index is 0.190. The van der Waals surface area contributed by atoms with E-state index in [1.807, 2.05) is 18.3 Å². The van der Waals surface area contributed by atoms with E-state index in [1.165, 1.54) is 23.1 Å². The molecule has 2 heterocycles. The number of hydrogen-bond acceptors (Lipinski definition) is 2. The lowest BCUT2D eigenvalue weighted by Gasteiger charge is -2.10. The molecule has 1 aromatic carbocycles. The van der Waals surface area contributed by atoms with Crippen LogP contribution in [0.15, 0.2) is 42.7 Å². The number of nitrogens with zero attached hydrogens (tertiary/aromatic N) is 2. The monoisotopic (exact) mass is 312 g/mol. The highest BCUT2D eigenvalue weighted by Crippen LogP contribution is 2.24. The zero-order valence-corrected chi connectivity index (χ0v) is 13.3. The lowest BCUT2D eigenvalue weighted by molar-refractivity contribution is 0.288. The van der Waals surface area contributed by atoms with Crippen molar-refractivity contribution >= 4 is 10.9 Å². The Morgan fingerprint density at radius 1 is 1.17 bits per heavy atom. The van der Waals surface area contributed by atoms with Gasteiger partial charge in [-0.3, -0.25) is 4.98 Å². The lowest BCUT2D eigenvalue weighted by Crippen LogP contribution is -2.02. The molecule has 120 valence electrons. The zero-order valence-electron chi connectivity index (χ0n) is 13.3. The smallest absolute Gasteiger partial charge is 0.123 e. The lowest BCUT2D eigenvalue weighted by atomic mass is 10.0. The summed E-state index contributed by atoms with van der Waals surface area (Å²) in [5.41, 5.74) is 4.47. The van der Waals surface area contributed by atoms with Gasteiger partial charge >= 0.3 is 0 Å². The van der Waals surface area contributed by atoms with Gasteiger partial charge in [0.15, 0.2) is 0 Å². The Hall–Kier alpha value is -2.20. The van der Waals surface area contributed by atoms with E-state index in [4.69, 9.17) is 5.11 Å². The van der Waals surface area contributed by atoms with Crippen LogP contribution in [-0.2, 0) is 19.4 Å². The summed E-state index contributed by atoms with van der Waals surface area (Å²) >= 11 is 0. The number of hydrogen-bond donors (Lipinski definition) is 1. The Kier molecular flexibility index (Phi) is 4.72. The Labute approximate surface area is 135 Å². The number of benzene rings is 1. The van der Waals surface area contributed by atoms with Crippen molar-refractivity contribution in [2.75, 3.05) is 6.61 Å². The number of pyridine rings is 1. The first kappa shape index (κ1) is 15.7. The van der Waals surface area contributed by atoms with Crippen LogP contribution >= 0.6 is 0 Å². The maximum absolute atomic E-state index is 13.0. The van der Waals surface area contributed by atoms with E-state index < -0.39 is 0 Å². The first-order valence-electron chi connectivity index (χ1n) is 8.03. The minimum atomic E-state index is -0.216. The molecule has 0 saturated carbocycles. The number of aryl methyl sites for hydroxylation is 2. The van der Waals surface area contributed by atoms with Gasteiger partial charge in [0, 0.05) is 30.4 Å². The molecule has 0 aliphatic carbocycles. The van der Waals surface area contributed by atoms with E-state index in [0.717, 1.165) is 36.0 Å². The fourth-order valence-corrected chi connectivity index (χ4v) is 3.02. The normalized spacial score (nSPS) is 11.3. The maximum atomic E-state index is 13.0. The highest BCUT2D eigenvalue weighted by molar-refractivity contribution is 5.83. The van der Waals surface area contributed by atoms with Crippen molar-refractivity contribution in [3.05, 3.63) is 65.4 Å². The molecule has 0 saturated heterocycles. The molecule has 0 fully saturated rings. The summed E-state index contributed by atoms with van der Waals surface area (Å²) in [5.74, 6) is -0.216. The zero-order chi connectivity index (χ0) is 16.2. The molecule has 2 aromatic heterocycles. The van der Waals surface area contributed by atoms with Crippen LogP contribution in [0.25, 0.3) is 10.9 Å². The van der Waals surface area contributed by atoms with Crippen molar-refractivity contribution in [2.45, 2.75) is 32.7 Å². The van der Waals surface area contributed by atoms with Gasteiger partial charge in [-0.1, -0.05) is 19.1 Å². The first-order valence-corrected chi connectivity index (χ1v) is 8.03. The van der Waals surface area contributed by atoms with Gasteiger partial charge in [0.2, 0.25) is 0 Å².